The second kappa shape index (κ2) is 8.10. The molecule has 0 spiro atoms. The average Bonchev–Trinajstić information content (AvgIpc) is 3.44. The third-order valence-corrected chi connectivity index (χ3v) is 5.40. The number of imidazole rings is 1. The topological polar surface area (TPSA) is 85.2 Å². The molecule has 7 nitrogen and oxygen atoms in total. The van der Waals surface area contributed by atoms with E-state index in [0.717, 1.165) is 58.8 Å². The normalized spacial score (nSPS) is 11.3. The molecular formula is C24H23N7. The number of aromatic nitrogens is 7. The van der Waals surface area contributed by atoms with E-state index in [1.807, 2.05) is 31.2 Å². The van der Waals surface area contributed by atoms with Gasteiger partial charge >= 0.3 is 0 Å². The molecule has 0 unspecified atom stereocenters. The van der Waals surface area contributed by atoms with Crippen molar-refractivity contribution < 1.29 is 0 Å². The predicted molar refractivity (Wildman–Crippen MR) is 120 cm³/mol. The fourth-order valence-corrected chi connectivity index (χ4v) is 3.90. The lowest BCUT2D eigenvalue weighted by Gasteiger charge is -2.11. The van der Waals surface area contributed by atoms with Gasteiger partial charge in [-0.25, -0.2) is 9.97 Å². The van der Waals surface area contributed by atoms with Crippen LogP contribution in [0.15, 0.2) is 60.7 Å². The Hall–Kier alpha value is -3.87. The summed E-state index contributed by atoms with van der Waals surface area (Å²) in [7, 11) is 0. The number of tetrazole rings is 1. The van der Waals surface area contributed by atoms with E-state index in [0.29, 0.717) is 5.82 Å². The Bertz CT molecular complexity index is 1320. The summed E-state index contributed by atoms with van der Waals surface area (Å²) in [5, 5.41) is 14.5. The summed E-state index contributed by atoms with van der Waals surface area (Å²) in [4.78, 5) is 9.58. The third-order valence-electron chi connectivity index (χ3n) is 5.40. The van der Waals surface area contributed by atoms with Gasteiger partial charge < -0.3 is 4.57 Å². The van der Waals surface area contributed by atoms with Crippen LogP contribution in [0.25, 0.3) is 33.7 Å². The lowest BCUT2D eigenvalue weighted by molar-refractivity contribution is 0.716. The maximum Gasteiger partial charge on any atom is 0.205 e. The zero-order valence-corrected chi connectivity index (χ0v) is 17.6. The lowest BCUT2D eigenvalue weighted by Crippen LogP contribution is -2.06. The molecule has 3 aromatic heterocycles. The number of nitrogens with one attached hydrogen (secondary N) is 1. The molecule has 0 aliphatic carbocycles. The molecule has 7 heteroatoms. The van der Waals surface area contributed by atoms with Gasteiger partial charge in [0.1, 0.15) is 11.3 Å². The Kier molecular flexibility index (Phi) is 5.00. The fourth-order valence-electron chi connectivity index (χ4n) is 3.90. The highest BCUT2D eigenvalue weighted by molar-refractivity contribution is 5.80. The molecule has 1 N–H and O–H groups in total. The van der Waals surface area contributed by atoms with Gasteiger partial charge in [0.2, 0.25) is 5.82 Å². The molecule has 0 aliphatic heterocycles. The molecule has 5 aromatic rings. The molecule has 0 saturated heterocycles. The van der Waals surface area contributed by atoms with Gasteiger partial charge in [-0.3, -0.25) is 0 Å². The first-order valence-electron chi connectivity index (χ1n) is 10.5. The first-order chi connectivity index (χ1) is 15.2. The Morgan fingerprint density at radius 2 is 1.71 bits per heavy atom. The van der Waals surface area contributed by atoms with Gasteiger partial charge in [-0.05, 0) is 47.4 Å². The van der Waals surface area contributed by atoms with E-state index in [1.165, 1.54) is 5.56 Å². The van der Waals surface area contributed by atoms with Crippen LogP contribution in [0.4, 0.5) is 0 Å². The highest BCUT2D eigenvalue weighted by atomic mass is 15.5. The van der Waals surface area contributed by atoms with Crippen molar-refractivity contribution in [3.05, 3.63) is 77.7 Å². The van der Waals surface area contributed by atoms with Gasteiger partial charge in [0, 0.05) is 17.7 Å². The van der Waals surface area contributed by atoms with Crippen molar-refractivity contribution in [2.45, 2.75) is 33.2 Å². The molecule has 5 rings (SSSR count). The van der Waals surface area contributed by atoms with Gasteiger partial charge in [-0.2, -0.15) is 5.21 Å². The quantitative estimate of drug-likeness (QED) is 0.443. The minimum Gasteiger partial charge on any atom is -0.308 e. The largest absolute Gasteiger partial charge is 0.308 e. The summed E-state index contributed by atoms with van der Waals surface area (Å²) in [5.41, 5.74) is 7.27. The van der Waals surface area contributed by atoms with Crippen LogP contribution in [-0.2, 0) is 13.0 Å². The lowest BCUT2D eigenvalue weighted by atomic mass is 9.98. The second-order valence-electron chi connectivity index (χ2n) is 7.64. The number of hydrogen-bond donors (Lipinski definition) is 1. The van der Waals surface area contributed by atoms with Crippen molar-refractivity contribution in [2.75, 3.05) is 0 Å². The van der Waals surface area contributed by atoms with Crippen LogP contribution < -0.4 is 0 Å². The van der Waals surface area contributed by atoms with E-state index in [2.05, 4.69) is 68.5 Å². The van der Waals surface area contributed by atoms with E-state index in [1.54, 1.807) is 0 Å². The second-order valence-corrected chi connectivity index (χ2v) is 7.64. The molecule has 0 bridgehead atoms. The molecule has 3 heterocycles. The number of benzene rings is 2. The van der Waals surface area contributed by atoms with E-state index in [-0.39, 0.29) is 0 Å². The maximum absolute atomic E-state index is 4.82. The molecule has 154 valence electrons. The SMILES string of the molecule is CCCc1nc2ccc(C)nc2n1Cc1ccc(-c2ccccc2-c2nn[nH]n2)cc1. The standard InChI is InChI=1S/C24H23N7/c1-3-6-22-26-21-14-9-16(2)25-24(21)31(22)15-17-10-12-18(13-11-17)19-7-4-5-8-20(19)23-27-29-30-28-23/h4-5,7-14H,3,6,15H2,1-2H3,(H,27,28,29,30). The fraction of sp³-hybridized carbons (Fsp3) is 0.208. The highest BCUT2D eigenvalue weighted by Gasteiger charge is 2.13. The minimum absolute atomic E-state index is 0.593. The van der Waals surface area contributed by atoms with Crippen LogP contribution in [0.1, 0.15) is 30.4 Å². The molecule has 0 amide bonds. The minimum atomic E-state index is 0.593. The van der Waals surface area contributed by atoms with Crippen molar-refractivity contribution in [2.24, 2.45) is 0 Å². The zero-order valence-electron chi connectivity index (χ0n) is 17.6. The van der Waals surface area contributed by atoms with Gasteiger partial charge in [-0.15, -0.1) is 10.2 Å². The van der Waals surface area contributed by atoms with Gasteiger partial charge in [0.15, 0.2) is 5.65 Å². The number of pyridine rings is 1. The van der Waals surface area contributed by atoms with E-state index < -0.39 is 0 Å². The van der Waals surface area contributed by atoms with Crippen LogP contribution in [0.3, 0.4) is 0 Å². The summed E-state index contributed by atoms with van der Waals surface area (Å²) >= 11 is 0. The van der Waals surface area contributed by atoms with Crippen LogP contribution in [-0.4, -0.2) is 35.2 Å². The summed E-state index contributed by atoms with van der Waals surface area (Å²) in [6.07, 6.45) is 1.99. The molecule has 31 heavy (non-hydrogen) atoms. The van der Waals surface area contributed by atoms with E-state index in [4.69, 9.17) is 9.97 Å². The Morgan fingerprint density at radius 1 is 0.903 bits per heavy atom. The predicted octanol–water partition coefficient (Wildman–Crippen LogP) is 4.59. The number of aromatic amines is 1. The summed E-state index contributed by atoms with van der Waals surface area (Å²) < 4.78 is 2.24. The first kappa shape index (κ1) is 19.1. The number of hydrogen-bond acceptors (Lipinski definition) is 5. The Balaban J connectivity index is 1.49. The highest BCUT2D eigenvalue weighted by Crippen LogP contribution is 2.30. The van der Waals surface area contributed by atoms with Crippen molar-refractivity contribution in [1.82, 2.24) is 35.2 Å². The van der Waals surface area contributed by atoms with E-state index >= 15 is 0 Å². The van der Waals surface area contributed by atoms with Gasteiger partial charge in [-0.1, -0.05) is 55.5 Å². The molecule has 0 atom stereocenters. The number of H-pyrrole nitrogens is 1. The summed E-state index contributed by atoms with van der Waals surface area (Å²) in [6.45, 7) is 4.94. The number of nitrogens with zero attached hydrogens (tertiary/aromatic N) is 6. The Morgan fingerprint density at radius 3 is 2.45 bits per heavy atom. The average molecular weight is 409 g/mol. The smallest absolute Gasteiger partial charge is 0.205 e. The zero-order chi connectivity index (χ0) is 21.2. The van der Waals surface area contributed by atoms with Crippen molar-refractivity contribution in [3.8, 4) is 22.5 Å². The van der Waals surface area contributed by atoms with E-state index in [9.17, 15) is 0 Å². The molecule has 0 radical (unpaired) electrons. The van der Waals surface area contributed by atoms with Crippen LogP contribution >= 0.6 is 0 Å². The molecule has 2 aromatic carbocycles. The summed E-state index contributed by atoms with van der Waals surface area (Å²) in [5.74, 6) is 1.68. The van der Waals surface area contributed by atoms with Crippen LogP contribution in [0.2, 0.25) is 0 Å². The summed E-state index contributed by atoms with van der Waals surface area (Å²) in [6, 6.07) is 20.8. The molecule has 0 aliphatic rings. The van der Waals surface area contributed by atoms with Crippen molar-refractivity contribution >= 4 is 11.2 Å². The monoisotopic (exact) mass is 409 g/mol. The molecule has 0 fully saturated rings. The van der Waals surface area contributed by atoms with Gasteiger partial charge in [0.05, 0.1) is 6.54 Å². The molecule has 0 saturated carbocycles. The van der Waals surface area contributed by atoms with Gasteiger partial charge in [0.25, 0.3) is 0 Å². The van der Waals surface area contributed by atoms with Crippen molar-refractivity contribution in [1.29, 1.82) is 0 Å². The number of fused-ring (bicyclic) bond motifs is 1. The Labute approximate surface area is 180 Å². The van der Waals surface area contributed by atoms with Crippen molar-refractivity contribution in [3.63, 3.8) is 0 Å². The van der Waals surface area contributed by atoms with Crippen LogP contribution in [0.5, 0.6) is 0 Å². The number of rotatable bonds is 6. The molecular weight excluding hydrogens is 386 g/mol. The van der Waals surface area contributed by atoms with Crippen LogP contribution in [0, 0.1) is 6.92 Å². The number of aryl methyl sites for hydroxylation is 2. The maximum atomic E-state index is 4.82. The third kappa shape index (κ3) is 3.70. The first-order valence-corrected chi connectivity index (χ1v) is 10.5.